The van der Waals surface area contributed by atoms with Gasteiger partial charge in [0.2, 0.25) is 0 Å². The van der Waals surface area contributed by atoms with E-state index in [9.17, 15) is 4.79 Å². The molecule has 0 aromatic carbocycles. The first-order valence-electron chi connectivity index (χ1n) is 7.43. The van der Waals surface area contributed by atoms with Crippen LogP contribution in [0.5, 0.6) is 5.75 Å². The number of ketones is 1. The molecule has 2 heterocycles. The van der Waals surface area contributed by atoms with Crippen molar-refractivity contribution in [2.75, 3.05) is 43.9 Å². The topological polar surface area (TPSA) is 58.8 Å². The van der Waals surface area contributed by atoms with Crippen molar-refractivity contribution in [3.05, 3.63) is 4.88 Å². The van der Waals surface area contributed by atoms with Gasteiger partial charge in [0, 0.05) is 26.6 Å². The first-order chi connectivity index (χ1) is 9.90. The summed E-state index contributed by atoms with van der Waals surface area (Å²) in [6.07, 6.45) is 1.14. The van der Waals surface area contributed by atoms with Gasteiger partial charge in [0.1, 0.15) is 5.00 Å². The standard InChI is InChI=1S/C15H25N3O2S/c1-10(2)20-13-12(16)14(11(3)19)21-15(13)18-7-5-6-17(4)8-9-18/h10H,5-9,16H2,1-4H3. The molecule has 0 saturated carbocycles. The van der Waals surface area contributed by atoms with E-state index in [1.807, 2.05) is 13.8 Å². The van der Waals surface area contributed by atoms with Crippen molar-refractivity contribution in [1.29, 1.82) is 0 Å². The second kappa shape index (κ2) is 6.66. The predicted molar refractivity (Wildman–Crippen MR) is 88.8 cm³/mol. The number of hydrogen-bond acceptors (Lipinski definition) is 6. The molecule has 2 rings (SSSR count). The number of nitrogens with two attached hydrogens (primary N) is 1. The zero-order valence-corrected chi connectivity index (χ0v) is 14.1. The summed E-state index contributed by atoms with van der Waals surface area (Å²) in [6, 6.07) is 0. The Kier molecular flexibility index (Phi) is 5.11. The van der Waals surface area contributed by atoms with Crippen molar-refractivity contribution in [3.63, 3.8) is 0 Å². The van der Waals surface area contributed by atoms with E-state index in [0.717, 1.165) is 37.6 Å². The number of rotatable bonds is 4. The monoisotopic (exact) mass is 311 g/mol. The van der Waals surface area contributed by atoms with E-state index >= 15 is 0 Å². The van der Waals surface area contributed by atoms with Crippen LogP contribution in [0.3, 0.4) is 0 Å². The predicted octanol–water partition coefficient (Wildman–Crippen LogP) is 2.46. The quantitative estimate of drug-likeness (QED) is 0.866. The molecule has 1 aromatic rings. The van der Waals surface area contributed by atoms with E-state index in [1.165, 1.54) is 11.3 Å². The minimum absolute atomic E-state index is 0.00398. The molecule has 0 radical (unpaired) electrons. The fourth-order valence-corrected chi connectivity index (χ4v) is 3.59. The molecular formula is C15H25N3O2S. The third kappa shape index (κ3) is 3.68. The zero-order chi connectivity index (χ0) is 15.6. The Morgan fingerprint density at radius 2 is 2.00 bits per heavy atom. The minimum Gasteiger partial charge on any atom is -0.486 e. The maximum absolute atomic E-state index is 11.8. The highest BCUT2D eigenvalue weighted by Gasteiger charge is 2.25. The molecule has 0 bridgehead atoms. The van der Waals surface area contributed by atoms with Crippen LogP contribution in [0.2, 0.25) is 0 Å². The van der Waals surface area contributed by atoms with Crippen LogP contribution >= 0.6 is 11.3 Å². The van der Waals surface area contributed by atoms with Crippen LogP contribution < -0.4 is 15.4 Å². The molecule has 1 aliphatic rings. The van der Waals surface area contributed by atoms with Crippen LogP contribution in [-0.2, 0) is 0 Å². The van der Waals surface area contributed by atoms with Crippen LogP contribution in [0.1, 0.15) is 36.9 Å². The van der Waals surface area contributed by atoms with Gasteiger partial charge in [0.05, 0.1) is 16.7 Å². The number of carbonyl (C=O) groups is 1. The van der Waals surface area contributed by atoms with Gasteiger partial charge in [-0.2, -0.15) is 0 Å². The summed E-state index contributed by atoms with van der Waals surface area (Å²) < 4.78 is 5.91. The number of carbonyl (C=O) groups excluding carboxylic acids is 1. The summed E-state index contributed by atoms with van der Waals surface area (Å²) >= 11 is 1.46. The van der Waals surface area contributed by atoms with Gasteiger partial charge < -0.3 is 20.3 Å². The second-order valence-corrected chi connectivity index (χ2v) is 6.84. The highest BCUT2D eigenvalue weighted by Crippen LogP contribution is 2.45. The number of thiophene rings is 1. The zero-order valence-electron chi connectivity index (χ0n) is 13.3. The maximum Gasteiger partial charge on any atom is 0.177 e. The van der Waals surface area contributed by atoms with Crippen LogP contribution in [-0.4, -0.2) is 50.0 Å². The molecule has 6 heteroatoms. The Hall–Kier alpha value is -1.27. The largest absolute Gasteiger partial charge is 0.486 e. The van der Waals surface area contributed by atoms with Gasteiger partial charge in [-0.1, -0.05) is 0 Å². The van der Waals surface area contributed by atoms with Crippen LogP contribution in [0.4, 0.5) is 10.7 Å². The van der Waals surface area contributed by atoms with Crippen molar-refractivity contribution in [1.82, 2.24) is 4.90 Å². The molecule has 1 aromatic heterocycles. The number of hydrogen-bond donors (Lipinski definition) is 1. The molecular weight excluding hydrogens is 286 g/mol. The Morgan fingerprint density at radius 3 is 2.62 bits per heavy atom. The van der Waals surface area contributed by atoms with E-state index in [2.05, 4.69) is 16.8 Å². The number of Topliss-reactive ketones (excluding diaryl/α,β-unsaturated/α-hetero) is 1. The molecule has 1 fully saturated rings. The number of nitrogens with zero attached hydrogens (tertiary/aromatic N) is 2. The molecule has 5 nitrogen and oxygen atoms in total. The molecule has 1 aliphatic heterocycles. The maximum atomic E-state index is 11.8. The second-order valence-electron chi connectivity index (χ2n) is 5.85. The van der Waals surface area contributed by atoms with Crippen molar-refractivity contribution in [2.24, 2.45) is 0 Å². The summed E-state index contributed by atoms with van der Waals surface area (Å²) in [5.74, 6) is 0.689. The fraction of sp³-hybridized carbons (Fsp3) is 0.667. The van der Waals surface area contributed by atoms with Crippen molar-refractivity contribution in [3.8, 4) is 5.75 Å². The normalized spacial score (nSPS) is 17.1. The van der Waals surface area contributed by atoms with Gasteiger partial charge in [0.15, 0.2) is 11.5 Å². The summed E-state index contributed by atoms with van der Waals surface area (Å²) in [6.45, 7) is 9.51. The molecule has 21 heavy (non-hydrogen) atoms. The first kappa shape index (κ1) is 16.1. The molecule has 0 spiro atoms. The van der Waals surface area contributed by atoms with Gasteiger partial charge in [0.25, 0.3) is 0 Å². The van der Waals surface area contributed by atoms with Gasteiger partial charge >= 0.3 is 0 Å². The van der Waals surface area contributed by atoms with Gasteiger partial charge in [-0.15, -0.1) is 11.3 Å². The number of ether oxygens (including phenoxy) is 1. The molecule has 0 unspecified atom stereocenters. The van der Waals surface area contributed by atoms with E-state index in [1.54, 1.807) is 6.92 Å². The number of anilines is 2. The minimum atomic E-state index is 0.00398. The molecule has 0 aliphatic carbocycles. The average molecular weight is 311 g/mol. The van der Waals surface area contributed by atoms with Crippen molar-refractivity contribution >= 4 is 27.8 Å². The molecule has 2 N–H and O–H groups in total. The number of likely N-dealkylation sites (N-methyl/N-ethyl adjacent to an activating group) is 1. The van der Waals surface area contributed by atoms with E-state index in [0.29, 0.717) is 16.3 Å². The Labute approximate surface area is 130 Å². The molecule has 118 valence electrons. The Bertz CT molecular complexity index is 513. The average Bonchev–Trinajstić information content (AvgIpc) is 2.58. The van der Waals surface area contributed by atoms with Crippen LogP contribution in [0, 0.1) is 0 Å². The van der Waals surface area contributed by atoms with Crippen molar-refractivity contribution < 1.29 is 9.53 Å². The summed E-state index contributed by atoms with van der Waals surface area (Å²) in [5.41, 5.74) is 6.65. The smallest absolute Gasteiger partial charge is 0.177 e. The van der Waals surface area contributed by atoms with Crippen LogP contribution in [0.15, 0.2) is 0 Å². The van der Waals surface area contributed by atoms with Crippen molar-refractivity contribution in [2.45, 2.75) is 33.3 Å². The molecule has 1 saturated heterocycles. The lowest BCUT2D eigenvalue weighted by Gasteiger charge is -2.23. The van der Waals surface area contributed by atoms with Crippen LogP contribution in [0.25, 0.3) is 0 Å². The van der Waals surface area contributed by atoms with E-state index < -0.39 is 0 Å². The number of nitrogen functional groups attached to an aromatic ring is 1. The highest BCUT2D eigenvalue weighted by molar-refractivity contribution is 7.19. The van der Waals surface area contributed by atoms with Gasteiger partial charge in [-0.3, -0.25) is 4.79 Å². The molecule has 0 atom stereocenters. The summed E-state index contributed by atoms with van der Waals surface area (Å²) in [5, 5.41) is 1.00. The molecule has 0 amide bonds. The van der Waals surface area contributed by atoms with E-state index in [-0.39, 0.29) is 11.9 Å². The first-order valence-corrected chi connectivity index (χ1v) is 8.25. The van der Waals surface area contributed by atoms with E-state index in [4.69, 9.17) is 10.5 Å². The van der Waals surface area contributed by atoms with Gasteiger partial charge in [-0.05, 0) is 33.9 Å². The summed E-state index contributed by atoms with van der Waals surface area (Å²) in [7, 11) is 2.14. The Balaban J connectivity index is 2.36. The highest BCUT2D eigenvalue weighted by atomic mass is 32.1. The third-order valence-corrected chi connectivity index (χ3v) is 4.91. The summed E-state index contributed by atoms with van der Waals surface area (Å²) in [4.78, 5) is 17.0. The lowest BCUT2D eigenvalue weighted by molar-refractivity contribution is 0.102. The Morgan fingerprint density at radius 1 is 1.29 bits per heavy atom. The lowest BCUT2D eigenvalue weighted by atomic mass is 10.3. The lowest BCUT2D eigenvalue weighted by Crippen LogP contribution is -2.28. The third-order valence-electron chi connectivity index (χ3n) is 3.56. The van der Waals surface area contributed by atoms with Gasteiger partial charge in [-0.25, -0.2) is 0 Å². The fourth-order valence-electron chi connectivity index (χ4n) is 2.49. The SMILES string of the molecule is CC(=O)c1sc(N2CCCN(C)CC2)c(OC(C)C)c1N.